The lowest BCUT2D eigenvalue weighted by Crippen LogP contribution is -1.99. The van der Waals surface area contributed by atoms with Crippen LogP contribution >= 0.6 is 0 Å². The Bertz CT molecular complexity index is 466. The van der Waals surface area contributed by atoms with E-state index in [1.54, 1.807) is 12.1 Å². The second kappa shape index (κ2) is 4.78. The molecule has 0 aliphatic carbocycles. The number of benzene rings is 1. The summed E-state index contributed by atoms with van der Waals surface area (Å²) >= 11 is 0. The molecule has 0 aliphatic rings. The molecule has 0 amide bonds. The van der Waals surface area contributed by atoms with Crippen molar-refractivity contribution in [2.24, 2.45) is 0 Å². The number of nitriles is 2. The first kappa shape index (κ1) is 10.7. The lowest BCUT2D eigenvalue weighted by atomic mass is 10.0. The standard InChI is InChI=1S/C11H8N2O2/c12-6-8-1-2-9(3-4-11(14)15)10(5-8)7-13/h1-2,5H,3-4H2,(H,14,15). The smallest absolute Gasteiger partial charge is 0.303 e. The van der Waals surface area contributed by atoms with Gasteiger partial charge in [0.15, 0.2) is 0 Å². The molecule has 0 bridgehead atoms. The van der Waals surface area contributed by atoms with Gasteiger partial charge in [-0.15, -0.1) is 0 Å². The molecule has 1 aromatic carbocycles. The highest BCUT2D eigenvalue weighted by molar-refractivity contribution is 5.67. The van der Waals surface area contributed by atoms with Gasteiger partial charge in [-0.1, -0.05) is 6.07 Å². The summed E-state index contributed by atoms with van der Waals surface area (Å²) in [5.74, 6) is -0.900. The fourth-order valence-corrected chi connectivity index (χ4v) is 1.21. The average Bonchev–Trinajstić information content (AvgIpc) is 2.25. The van der Waals surface area contributed by atoms with Crippen molar-refractivity contribution >= 4 is 5.97 Å². The van der Waals surface area contributed by atoms with Gasteiger partial charge in [0.1, 0.15) is 0 Å². The van der Waals surface area contributed by atoms with E-state index in [0.29, 0.717) is 23.1 Å². The van der Waals surface area contributed by atoms with Gasteiger partial charge in [-0.3, -0.25) is 4.79 Å². The van der Waals surface area contributed by atoms with Crippen LogP contribution in [0, 0.1) is 22.7 Å². The van der Waals surface area contributed by atoms with Gasteiger partial charge in [0.05, 0.1) is 23.3 Å². The Morgan fingerprint density at radius 2 is 2.07 bits per heavy atom. The first-order valence-electron chi connectivity index (χ1n) is 4.32. The molecule has 4 heteroatoms. The highest BCUT2D eigenvalue weighted by Gasteiger charge is 2.05. The third kappa shape index (κ3) is 2.82. The number of nitrogens with zero attached hydrogens (tertiary/aromatic N) is 2. The fraction of sp³-hybridized carbons (Fsp3) is 0.182. The molecule has 15 heavy (non-hydrogen) atoms. The molecule has 0 saturated heterocycles. The Labute approximate surface area is 87.0 Å². The molecule has 74 valence electrons. The van der Waals surface area contributed by atoms with E-state index in [2.05, 4.69) is 0 Å². The van der Waals surface area contributed by atoms with E-state index in [-0.39, 0.29) is 6.42 Å². The topological polar surface area (TPSA) is 84.9 Å². The Balaban J connectivity index is 2.95. The zero-order chi connectivity index (χ0) is 11.3. The third-order valence-corrected chi connectivity index (χ3v) is 1.97. The average molecular weight is 200 g/mol. The van der Waals surface area contributed by atoms with Crippen molar-refractivity contribution in [1.29, 1.82) is 10.5 Å². The molecule has 0 atom stereocenters. The largest absolute Gasteiger partial charge is 0.481 e. The summed E-state index contributed by atoms with van der Waals surface area (Å²) in [6, 6.07) is 8.55. The normalized spacial score (nSPS) is 8.93. The predicted octanol–water partition coefficient (Wildman–Crippen LogP) is 1.45. The Kier molecular flexibility index (Phi) is 3.43. The number of rotatable bonds is 3. The van der Waals surface area contributed by atoms with E-state index in [1.165, 1.54) is 6.07 Å². The molecular weight excluding hydrogens is 192 g/mol. The summed E-state index contributed by atoms with van der Waals surface area (Å²) in [7, 11) is 0. The highest BCUT2D eigenvalue weighted by atomic mass is 16.4. The first-order valence-corrected chi connectivity index (χ1v) is 4.32. The second-order valence-electron chi connectivity index (χ2n) is 2.99. The van der Waals surface area contributed by atoms with E-state index in [1.807, 2.05) is 12.1 Å². The number of hydrogen-bond donors (Lipinski definition) is 1. The summed E-state index contributed by atoms with van der Waals surface area (Å²) < 4.78 is 0. The van der Waals surface area contributed by atoms with Crippen LogP contribution in [0.3, 0.4) is 0 Å². The van der Waals surface area contributed by atoms with Crippen LogP contribution in [0.25, 0.3) is 0 Å². The van der Waals surface area contributed by atoms with Gasteiger partial charge in [0.25, 0.3) is 0 Å². The second-order valence-corrected chi connectivity index (χ2v) is 2.99. The molecule has 1 aromatic rings. The molecule has 0 spiro atoms. The zero-order valence-corrected chi connectivity index (χ0v) is 7.90. The molecule has 0 aromatic heterocycles. The van der Waals surface area contributed by atoms with Crippen LogP contribution in [0.15, 0.2) is 18.2 Å². The molecule has 0 saturated carbocycles. The maximum absolute atomic E-state index is 10.4. The Morgan fingerprint density at radius 1 is 1.33 bits per heavy atom. The van der Waals surface area contributed by atoms with Crippen molar-refractivity contribution in [2.75, 3.05) is 0 Å². The Hall–Kier alpha value is -2.33. The van der Waals surface area contributed by atoms with E-state index in [4.69, 9.17) is 15.6 Å². The maximum Gasteiger partial charge on any atom is 0.303 e. The predicted molar refractivity (Wildman–Crippen MR) is 51.8 cm³/mol. The van der Waals surface area contributed by atoms with Gasteiger partial charge in [0, 0.05) is 6.42 Å². The van der Waals surface area contributed by atoms with Gasteiger partial charge >= 0.3 is 5.97 Å². The van der Waals surface area contributed by atoms with Gasteiger partial charge in [-0.05, 0) is 24.1 Å². The van der Waals surface area contributed by atoms with Crippen molar-refractivity contribution in [3.05, 3.63) is 34.9 Å². The van der Waals surface area contributed by atoms with Crippen molar-refractivity contribution in [1.82, 2.24) is 0 Å². The molecule has 0 fully saturated rings. The summed E-state index contributed by atoms with van der Waals surface area (Å²) in [6.45, 7) is 0. The van der Waals surface area contributed by atoms with E-state index < -0.39 is 5.97 Å². The molecule has 0 radical (unpaired) electrons. The van der Waals surface area contributed by atoms with Crippen LogP contribution in [-0.4, -0.2) is 11.1 Å². The van der Waals surface area contributed by atoms with Crippen LogP contribution in [0.2, 0.25) is 0 Å². The number of carboxylic acids is 1. The summed E-state index contributed by atoms with van der Waals surface area (Å²) in [5.41, 5.74) is 1.44. The van der Waals surface area contributed by atoms with Crippen LogP contribution in [0.5, 0.6) is 0 Å². The molecule has 4 nitrogen and oxygen atoms in total. The van der Waals surface area contributed by atoms with Crippen molar-refractivity contribution in [3.63, 3.8) is 0 Å². The van der Waals surface area contributed by atoms with Gasteiger partial charge in [-0.2, -0.15) is 10.5 Å². The van der Waals surface area contributed by atoms with Crippen LogP contribution < -0.4 is 0 Å². The number of carbonyl (C=O) groups is 1. The number of carboxylic acid groups (broad SMARTS) is 1. The zero-order valence-electron chi connectivity index (χ0n) is 7.90. The van der Waals surface area contributed by atoms with E-state index in [9.17, 15) is 4.79 Å². The SMILES string of the molecule is N#Cc1ccc(CCC(=O)O)c(C#N)c1. The lowest BCUT2D eigenvalue weighted by molar-refractivity contribution is -0.136. The number of hydrogen-bond acceptors (Lipinski definition) is 3. The quantitative estimate of drug-likeness (QED) is 0.800. The Morgan fingerprint density at radius 3 is 2.60 bits per heavy atom. The van der Waals surface area contributed by atoms with Crippen molar-refractivity contribution < 1.29 is 9.90 Å². The van der Waals surface area contributed by atoms with Crippen LogP contribution in [0.4, 0.5) is 0 Å². The van der Waals surface area contributed by atoms with Crippen LogP contribution in [-0.2, 0) is 11.2 Å². The van der Waals surface area contributed by atoms with Crippen molar-refractivity contribution in [3.8, 4) is 12.1 Å². The fourth-order valence-electron chi connectivity index (χ4n) is 1.21. The molecule has 0 heterocycles. The van der Waals surface area contributed by atoms with Gasteiger partial charge in [-0.25, -0.2) is 0 Å². The minimum absolute atomic E-state index is 0.0133. The van der Waals surface area contributed by atoms with E-state index in [0.717, 1.165) is 0 Å². The maximum atomic E-state index is 10.4. The third-order valence-electron chi connectivity index (χ3n) is 1.97. The summed E-state index contributed by atoms with van der Waals surface area (Å²) in [4.78, 5) is 10.4. The minimum Gasteiger partial charge on any atom is -0.481 e. The number of aryl methyl sites for hydroxylation is 1. The molecule has 0 aliphatic heterocycles. The lowest BCUT2D eigenvalue weighted by Gasteiger charge is -2.01. The monoisotopic (exact) mass is 200 g/mol. The number of aliphatic carboxylic acids is 1. The summed E-state index contributed by atoms with van der Waals surface area (Å²) in [5, 5.41) is 25.9. The molecular formula is C11H8N2O2. The minimum atomic E-state index is -0.900. The summed E-state index contributed by atoms with van der Waals surface area (Å²) in [6.07, 6.45) is 0.296. The van der Waals surface area contributed by atoms with Gasteiger partial charge in [0.2, 0.25) is 0 Å². The van der Waals surface area contributed by atoms with Gasteiger partial charge < -0.3 is 5.11 Å². The molecule has 0 unspecified atom stereocenters. The molecule has 1 N–H and O–H groups in total. The van der Waals surface area contributed by atoms with Crippen molar-refractivity contribution in [2.45, 2.75) is 12.8 Å². The first-order chi connectivity index (χ1) is 7.17. The van der Waals surface area contributed by atoms with E-state index >= 15 is 0 Å². The van der Waals surface area contributed by atoms with Crippen LogP contribution in [0.1, 0.15) is 23.1 Å². The highest BCUT2D eigenvalue weighted by Crippen LogP contribution is 2.12. The molecule has 1 rings (SSSR count).